The molecular weight excluding hydrogens is 252 g/mol. The van der Waals surface area contributed by atoms with Gasteiger partial charge in [0.25, 0.3) is 0 Å². The Morgan fingerprint density at radius 3 is 2.42 bits per heavy atom. The van der Waals surface area contributed by atoms with E-state index in [0.717, 1.165) is 0 Å². The van der Waals surface area contributed by atoms with Gasteiger partial charge < -0.3 is 14.7 Å². The Morgan fingerprint density at radius 2 is 1.95 bits per heavy atom. The van der Waals surface area contributed by atoms with Crippen LogP contribution in [-0.2, 0) is 14.3 Å². The number of piperidine rings is 1. The summed E-state index contributed by atoms with van der Waals surface area (Å²) in [4.78, 5) is 25.1. The highest BCUT2D eigenvalue weighted by Gasteiger charge is 2.38. The van der Waals surface area contributed by atoms with E-state index in [0.29, 0.717) is 12.8 Å². The standard InChI is InChI=1S/C12H22N2O5/c1-12(2,3)19-11(16)14-7-8(13-17)5-6-9(14)10(15)18-4/h8-9,13,17H,5-7H2,1-4H3/t8-,9+/m1/s1. The van der Waals surface area contributed by atoms with Gasteiger partial charge in [0.05, 0.1) is 7.11 Å². The molecule has 2 N–H and O–H groups in total. The molecule has 0 aromatic heterocycles. The number of hydrogen-bond donors (Lipinski definition) is 2. The molecule has 1 saturated heterocycles. The summed E-state index contributed by atoms with van der Waals surface area (Å²) in [7, 11) is 1.28. The van der Waals surface area contributed by atoms with Crippen LogP contribution >= 0.6 is 0 Å². The van der Waals surface area contributed by atoms with E-state index >= 15 is 0 Å². The third-order valence-corrected chi connectivity index (χ3v) is 2.87. The Kier molecular flexibility index (Phi) is 5.13. The smallest absolute Gasteiger partial charge is 0.411 e. The monoisotopic (exact) mass is 274 g/mol. The first-order chi connectivity index (χ1) is 8.78. The molecule has 7 heteroatoms. The summed E-state index contributed by atoms with van der Waals surface area (Å²) in [6, 6.07) is -0.933. The van der Waals surface area contributed by atoms with E-state index < -0.39 is 23.7 Å². The van der Waals surface area contributed by atoms with Crippen molar-refractivity contribution in [1.82, 2.24) is 10.4 Å². The number of nitrogens with one attached hydrogen (secondary N) is 1. The Bertz CT molecular complexity index is 340. The number of nitrogens with zero attached hydrogens (tertiary/aromatic N) is 1. The maximum absolute atomic E-state index is 12.1. The van der Waals surface area contributed by atoms with Gasteiger partial charge in [-0.25, -0.2) is 15.1 Å². The molecule has 1 heterocycles. The number of carbonyl (C=O) groups is 2. The summed E-state index contributed by atoms with van der Waals surface area (Å²) in [5.41, 5.74) is 1.49. The van der Waals surface area contributed by atoms with Crippen LogP contribution in [0.5, 0.6) is 0 Å². The minimum absolute atomic E-state index is 0.200. The van der Waals surface area contributed by atoms with Gasteiger partial charge in [0, 0.05) is 12.6 Å². The van der Waals surface area contributed by atoms with Crippen molar-refractivity contribution in [1.29, 1.82) is 0 Å². The summed E-state index contributed by atoms with van der Waals surface area (Å²) in [6.07, 6.45) is 0.419. The van der Waals surface area contributed by atoms with Gasteiger partial charge >= 0.3 is 12.1 Å². The Hall–Kier alpha value is -1.34. The number of likely N-dealkylation sites (tertiary alicyclic amines) is 1. The van der Waals surface area contributed by atoms with Crippen molar-refractivity contribution in [3.8, 4) is 0 Å². The molecular formula is C12H22N2O5. The topological polar surface area (TPSA) is 88.1 Å². The second kappa shape index (κ2) is 6.21. The third-order valence-electron chi connectivity index (χ3n) is 2.87. The van der Waals surface area contributed by atoms with Crippen LogP contribution in [-0.4, -0.2) is 53.5 Å². The van der Waals surface area contributed by atoms with Gasteiger partial charge in [0.2, 0.25) is 0 Å². The lowest BCUT2D eigenvalue weighted by Crippen LogP contribution is -2.56. The molecule has 19 heavy (non-hydrogen) atoms. The molecule has 1 amide bonds. The Morgan fingerprint density at radius 1 is 1.32 bits per heavy atom. The van der Waals surface area contributed by atoms with E-state index in [4.69, 9.17) is 14.7 Å². The minimum Gasteiger partial charge on any atom is -0.467 e. The molecule has 0 spiro atoms. The first kappa shape index (κ1) is 15.7. The van der Waals surface area contributed by atoms with E-state index in [1.165, 1.54) is 12.0 Å². The average Bonchev–Trinajstić information content (AvgIpc) is 2.35. The van der Waals surface area contributed by atoms with Crippen molar-refractivity contribution in [2.24, 2.45) is 0 Å². The highest BCUT2D eigenvalue weighted by molar-refractivity contribution is 5.81. The van der Waals surface area contributed by atoms with E-state index in [9.17, 15) is 9.59 Å². The number of ether oxygens (including phenoxy) is 2. The van der Waals surface area contributed by atoms with E-state index in [-0.39, 0.29) is 12.6 Å². The molecule has 1 aliphatic rings. The molecule has 0 aromatic rings. The van der Waals surface area contributed by atoms with Gasteiger partial charge in [-0.2, -0.15) is 0 Å². The first-order valence-corrected chi connectivity index (χ1v) is 6.25. The van der Waals surface area contributed by atoms with Crippen molar-refractivity contribution in [3.05, 3.63) is 0 Å². The molecule has 0 aliphatic carbocycles. The van der Waals surface area contributed by atoms with Gasteiger partial charge in [-0.1, -0.05) is 0 Å². The number of methoxy groups -OCH3 is 1. The highest BCUT2D eigenvalue weighted by atomic mass is 16.6. The normalized spacial score (nSPS) is 23.9. The third kappa shape index (κ3) is 4.36. The molecule has 0 saturated carbocycles. The lowest BCUT2D eigenvalue weighted by molar-refractivity contribution is -0.148. The highest BCUT2D eigenvalue weighted by Crippen LogP contribution is 2.21. The molecule has 7 nitrogen and oxygen atoms in total. The molecule has 1 fully saturated rings. The van der Waals surface area contributed by atoms with Crippen LogP contribution in [0.2, 0.25) is 0 Å². The number of carbonyl (C=O) groups excluding carboxylic acids is 2. The van der Waals surface area contributed by atoms with E-state index in [1.54, 1.807) is 20.8 Å². The fourth-order valence-corrected chi connectivity index (χ4v) is 1.98. The quantitative estimate of drug-likeness (QED) is 0.574. The average molecular weight is 274 g/mol. The predicted molar refractivity (Wildman–Crippen MR) is 66.7 cm³/mol. The molecule has 0 radical (unpaired) electrons. The zero-order chi connectivity index (χ0) is 14.6. The fraction of sp³-hybridized carbons (Fsp3) is 0.833. The molecule has 2 atom stereocenters. The summed E-state index contributed by atoms with van der Waals surface area (Å²) in [6.45, 7) is 5.46. The van der Waals surface area contributed by atoms with E-state index in [2.05, 4.69) is 5.48 Å². The number of hydroxylamine groups is 1. The lowest BCUT2D eigenvalue weighted by Gasteiger charge is -2.38. The van der Waals surface area contributed by atoms with Crippen LogP contribution in [0.25, 0.3) is 0 Å². The largest absolute Gasteiger partial charge is 0.467 e. The maximum atomic E-state index is 12.1. The molecule has 0 unspecified atom stereocenters. The Balaban J connectivity index is 2.81. The van der Waals surface area contributed by atoms with Crippen molar-refractivity contribution < 1.29 is 24.3 Å². The summed E-state index contributed by atoms with van der Waals surface area (Å²) >= 11 is 0. The van der Waals surface area contributed by atoms with Gasteiger partial charge in [-0.15, -0.1) is 0 Å². The van der Waals surface area contributed by atoms with Gasteiger partial charge in [0.1, 0.15) is 11.6 Å². The van der Waals surface area contributed by atoms with Crippen molar-refractivity contribution in [2.75, 3.05) is 13.7 Å². The van der Waals surface area contributed by atoms with Crippen LogP contribution in [0.15, 0.2) is 0 Å². The first-order valence-electron chi connectivity index (χ1n) is 6.25. The van der Waals surface area contributed by atoms with Gasteiger partial charge in [-0.05, 0) is 33.6 Å². The molecule has 0 aromatic carbocycles. The molecule has 1 rings (SSSR count). The zero-order valence-corrected chi connectivity index (χ0v) is 11.8. The lowest BCUT2D eigenvalue weighted by atomic mass is 9.99. The summed E-state index contributed by atoms with van der Waals surface area (Å²) in [5.74, 6) is -0.470. The number of amides is 1. The zero-order valence-electron chi connectivity index (χ0n) is 11.8. The molecule has 1 aliphatic heterocycles. The van der Waals surface area contributed by atoms with Crippen LogP contribution in [0.3, 0.4) is 0 Å². The van der Waals surface area contributed by atoms with Gasteiger partial charge in [0.15, 0.2) is 0 Å². The van der Waals surface area contributed by atoms with Crippen LogP contribution in [0.4, 0.5) is 4.79 Å². The van der Waals surface area contributed by atoms with Gasteiger partial charge in [-0.3, -0.25) is 4.90 Å². The van der Waals surface area contributed by atoms with Crippen LogP contribution in [0, 0.1) is 0 Å². The van der Waals surface area contributed by atoms with Crippen molar-refractivity contribution in [3.63, 3.8) is 0 Å². The summed E-state index contributed by atoms with van der Waals surface area (Å²) < 4.78 is 9.96. The van der Waals surface area contributed by atoms with Crippen molar-refractivity contribution >= 4 is 12.1 Å². The Labute approximate surface area is 112 Å². The minimum atomic E-state index is -0.663. The predicted octanol–water partition coefficient (Wildman–Crippen LogP) is 0.906. The number of hydrogen-bond acceptors (Lipinski definition) is 6. The molecule has 0 bridgehead atoms. The summed E-state index contributed by atoms with van der Waals surface area (Å²) in [5, 5.41) is 8.96. The maximum Gasteiger partial charge on any atom is 0.411 e. The van der Waals surface area contributed by atoms with E-state index in [1.807, 2.05) is 0 Å². The number of rotatable bonds is 2. The van der Waals surface area contributed by atoms with Crippen LogP contribution in [0.1, 0.15) is 33.6 Å². The van der Waals surface area contributed by atoms with Crippen LogP contribution < -0.4 is 5.48 Å². The SMILES string of the molecule is COC(=O)[C@@H]1CC[C@@H](NO)CN1C(=O)OC(C)(C)C. The molecule has 110 valence electrons. The fourth-order valence-electron chi connectivity index (χ4n) is 1.98. The number of esters is 1. The van der Waals surface area contributed by atoms with Crippen molar-refractivity contribution in [2.45, 2.75) is 51.3 Å². The second-order valence-corrected chi connectivity index (χ2v) is 5.58. The second-order valence-electron chi connectivity index (χ2n) is 5.58.